The van der Waals surface area contributed by atoms with Gasteiger partial charge in [0.05, 0.1) is 19.8 Å². The Balaban J connectivity index is 2.92. The van der Waals surface area contributed by atoms with Crippen molar-refractivity contribution in [3.63, 3.8) is 0 Å². The summed E-state index contributed by atoms with van der Waals surface area (Å²) in [4.78, 5) is 0. The maximum atomic E-state index is 5.96. The Morgan fingerprint density at radius 1 is 1.21 bits per heavy atom. The number of hydrogen-bond donors (Lipinski definition) is 1. The molecule has 0 rings (SSSR count). The molecule has 0 aromatic rings. The number of rotatable bonds is 10. The van der Waals surface area contributed by atoms with E-state index in [9.17, 15) is 0 Å². The second kappa shape index (κ2) is 11.2. The summed E-state index contributed by atoms with van der Waals surface area (Å²) in [5.74, 6) is 0. The van der Waals surface area contributed by atoms with Crippen LogP contribution in [0.25, 0.3) is 0 Å². The highest BCUT2D eigenvalue weighted by Crippen LogP contribution is 2.04. The lowest BCUT2D eigenvalue weighted by Gasteiger charge is -2.08. The zero-order valence-electron chi connectivity index (χ0n) is 9.22. The van der Waals surface area contributed by atoms with Crippen LogP contribution in [0.15, 0.2) is 0 Å². The molecule has 0 saturated carbocycles. The molecular weight excluding hydrogens is 202 g/mol. The van der Waals surface area contributed by atoms with Crippen LogP contribution in [0.1, 0.15) is 19.8 Å². The molecule has 0 aliphatic heterocycles. The Labute approximate surface area is 92.1 Å². The van der Waals surface area contributed by atoms with Crippen LogP contribution in [0.5, 0.6) is 0 Å². The fourth-order valence-corrected chi connectivity index (χ4v) is 1.09. The average molecular weight is 224 g/mol. The molecule has 0 aromatic carbocycles. The van der Waals surface area contributed by atoms with Crippen molar-refractivity contribution in [2.75, 3.05) is 40.0 Å². The van der Waals surface area contributed by atoms with Gasteiger partial charge in [-0.3, -0.25) is 0 Å². The van der Waals surface area contributed by atoms with E-state index in [0.717, 1.165) is 32.5 Å². The molecule has 0 heterocycles. The van der Waals surface area contributed by atoms with E-state index < -0.39 is 0 Å². The molecule has 1 unspecified atom stereocenters. The summed E-state index contributed by atoms with van der Waals surface area (Å²) < 4.78 is 10.1. The summed E-state index contributed by atoms with van der Waals surface area (Å²) in [5.41, 5.74) is 0. The van der Waals surface area contributed by atoms with Gasteiger partial charge in [0.25, 0.3) is 0 Å². The highest BCUT2D eigenvalue weighted by Gasteiger charge is 1.99. The van der Waals surface area contributed by atoms with Crippen LogP contribution >= 0.6 is 11.6 Å². The maximum Gasteiger partial charge on any atom is 0.0700 e. The number of alkyl halides is 1. The number of nitrogens with one attached hydrogen (secondary N) is 1. The Morgan fingerprint density at radius 3 is 2.64 bits per heavy atom. The van der Waals surface area contributed by atoms with Gasteiger partial charge in [0.15, 0.2) is 0 Å². The molecule has 86 valence electrons. The van der Waals surface area contributed by atoms with Crippen molar-refractivity contribution >= 4 is 11.6 Å². The third kappa shape index (κ3) is 10.3. The third-order valence-electron chi connectivity index (χ3n) is 1.93. The average Bonchev–Trinajstić information content (AvgIpc) is 2.21. The summed E-state index contributed by atoms with van der Waals surface area (Å²) in [6, 6.07) is 0. The van der Waals surface area contributed by atoms with E-state index in [0.29, 0.717) is 18.6 Å². The second-order valence-electron chi connectivity index (χ2n) is 3.15. The Bertz CT molecular complexity index is 114. The Hall–Kier alpha value is 0.170. The minimum Gasteiger partial charge on any atom is -0.382 e. The van der Waals surface area contributed by atoms with Crippen molar-refractivity contribution in [1.82, 2.24) is 5.32 Å². The molecule has 0 aromatic heterocycles. The van der Waals surface area contributed by atoms with Gasteiger partial charge >= 0.3 is 0 Å². The molecule has 4 heteroatoms. The summed E-state index contributed by atoms with van der Waals surface area (Å²) in [5, 5.41) is 3.58. The van der Waals surface area contributed by atoms with Crippen LogP contribution < -0.4 is 5.32 Å². The monoisotopic (exact) mass is 223 g/mol. The highest BCUT2D eigenvalue weighted by molar-refractivity contribution is 6.20. The molecule has 0 bridgehead atoms. The van der Waals surface area contributed by atoms with Gasteiger partial charge in [-0.15, -0.1) is 11.6 Å². The van der Waals surface area contributed by atoms with Gasteiger partial charge in [-0.1, -0.05) is 6.92 Å². The molecular formula is C10H22ClNO2. The molecule has 1 N–H and O–H groups in total. The highest BCUT2D eigenvalue weighted by atomic mass is 35.5. The van der Waals surface area contributed by atoms with E-state index in [1.807, 2.05) is 0 Å². The standard InChI is InChI=1S/C10H22ClNO2/c1-3-10(11)4-5-12-6-7-14-9-8-13-2/h10,12H,3-9H2,1-2H3. The Morgan fingerprint density at radius 2 is 2.00 bits per heavy atom. The van der Waals surface area contributed by atoms with E-state index in [-0.39, 0.29) is 0 Å². The minimum atomic E-state index is 0.303. The van der Waals surface area contributed by atoms with Gasteiger partial charge in [-0.2, -0.15) is 0 Å². The first-order chi connectivity index (χ1) is 6.81. The summed E-state index contributed by atoms with van der Waals surface area (Å²) in [6.07, 6.45) is 2.06. The number of hydrogen-bond acceptors (Lipinski definition) is 3. The first-order valence-corrected chi connectivity index (χ1v) is 5.66. The SMILES string of the molecule is CCC(Cl)CCNCCOCCOC. The normalized spacial score (nSPS) is 13.1. The van der Waals surface area contributed by atoms with Crippen molar-refractivity contribution < 1.29 is 9.47 Å². The molecule has 0 amide bonds. The summed E-state index contributed by atoms with van der Waals surface area (Å²) >= 11 is 5.96. The number of halogens is 1. The fourth-order valence-electron chi connectivity index (χ4n) is 0.976. The predicted octanol–water partition coefficient (Wildman–Crippen LogP) is 1.65. The van der Waals surface area contributed by atoms with Crippen LogP contribution in [0, 0.1) is 0 Å². The lowest BCUT2D eigenvalue weighted by molar-refractivity contribution is 0.0720. The van der Waals surface area contributed by atoms with E-state index >= 15 is 0 Å². The van der Waals surface area contributed by atoms with Gasteiger partial charge in [0, 0.05) is 19.0 Å². The van der Waals surface area contributed by atoms with Gasteiger partial charge in [0.1, 0.15) is 0 Å². The molecule has 0 aliphatic rings. The predicted molar refractivity (Wildman–Crippen MR) is 60.1 cm³/mol. The lowest BCUT2D eigenvalue weighted by Crippen LogP contribution is -2.23. The van der Waals surface area contributed by atoms with Crippen molar-refractivity contribution in [1.29, 1.82) is 0 Å². The number of ether oxygens (including phenoxy) is 2. The van der Waals surface area contributed by atoms with E-state index in [4.69, 9.17) is 21.1 Å². The quantitative estimate of drug-likeness (QED) is 0.451. The van der Waals surface area contributed by atoms with Crippen LogP contribution in [0.3, 0.4) is 0 Å². The van der Waals surface area contributed by atoms with Crippen LogP contribution in [0.4, 0.5) is 0 Å². The van der Waals surface area contributed by atoms with Crippen molar-refractivity contribution in [3.05, 3.63) is 0 Å². The van der Waals surface area contributed by atoms with Gasteiger partial charge in [-0.25, -0.2) is 0 Å². The topological polar surface area (TPSA) is 30.5 Å². The largest absolute Gasteiger partial charge is 0.382 e. The zero-order chi connectivity index (χ0) is 10.6. The second-order valence-corrected chi connectivity index (χ2v) is 3.77. The smallest absolute Gasteiger partial charge is 0.0700 e. The van der Waals surface area contributed by atoms with E-state index in [1.165, 1.54) is 0 Å². The van der Waals surface area contributed by atoms with Crippen molar-refractivity contribution in [2.24, 2.45) is 0 Å². The van der Waals surface area contributed by atoms with Crippen molar-refractivity contribution in [3.8, 4) is 0 Å². The van der Waals surface area contributed by atoms with Gasteiger partial charge in [0.2, 0.25) is 0 Å². The molecule has 0 aliphatic carbocycles. The maximum absolute atomic E-state index is 5.96. The number of methoxy groups -OCH3 is 1. The molecule has 0 radical (unpaired) electrons. The lowest BCUT2D eigenvalue weighted by atomic mass is 10.2. The van der Waals surface area contributed by atoms with E-state index in [2.05, 4.69) is 12.2 Å². The molecule has 1 atom stereocenters. The summed E-state index contributed by atoms with van der Waals surface area (Å²) in [7, 11) is 1.67. The minimum absolute atomic E-state index is 0.303. The molecule has 0 fully saturated rings. The first-order valence-electron chi connectivity index (χ1n) is 5.22. The summed E-state index contributed by atoms with van der Waals surface area (Å²) in [6.45, 7) is 6.03. The van der Waals surface area contributed by atoms with Crippen LogP contribution in [0.2, 0.25) is 0 Å². The third-order valence-corrected chi connectivity index (χ3v) is 2.46. The van der Waals surface area contributed by atoms with Crippen LogP contribution in [-0.4, -0.2) is 45.4 Å². The van der Waals surface area contributed by atoms with Crippen molar-refractivity contribution in [2.45, 2.75) is 25.1 Å². The molecule has 0 spiro atoms. The Kier molecular flexibility index (Phi) is 11.4. The molecule has 14 heavy (non-hydrogen) atoms. The van der Waals surface area contributed by atoms with Gasteiger partial charge < -0.3 is 14.8 Å². The molecule has 0 saturated heterocycles. The first kappa shape index (κ1) is 14.2. The van der Waals surface area contributed by atoms with E-state index in [1.54, 1.807) is 7.11 Å². The van der Waals surface area contributed by atoms with Crippen LogP contribution in [-0.2, 0) is 9.47 Å². The molecule has 3 nitrogen and oxygen atoms in total. The fraction of sp³-hybridized carbons (Fsp3) is 1.00. The zero-order valence-corrected chi connectivity index (χ0v) is 9.98. The van der Waals surface area contributed by atoms with Gasteiger partial charge in [-0.05, 0) is 19.4 Å².